The number of hydrogen-bond donors (Lipinski definition) is 1. The van der Waals surface area contributed by atoms with Gasteiger partial charge in [-0.3, -0.25) is 4.79 Å². The van der Waals surface area contributed by atoms with E-state index in [2.05, 4.69) is 5.32 Å². The number of carbonyl (C=O) groups is 1. The molecule has 4 nitrogen and oxygen atoms in total. The lowest BCUT2D eigenvalue weighted by Crippen LogP contribution is -2.41. The number of fused-ring (bicyclic) bond motifs is 1. The summed E-state index contributed by atoms with van der Waals surface area (Å²) in [4.78, 5) is 12.7. The van der Waals surface area contributed by atoms with Gasteiger partial charge in [-0.15, -0.1) is 0 Å². The zero-order valence-corrected chi connectivity index (χ0v) is 15.6. The lowest BCUT2D eigenvalue weighted by molar-refractivity contribution is 0.0619. The topological polar surface area (TPSA) is 47.6 Å². The average molecular weight is 360 g/mol. The molecule has 1 N–H and O–H groups in total. The van der Waals surface area contributed by atoms with Crippen LogP contribution in [0.2, 0.25) is 5.02 Å². The smallest absolute Gasteiger partial charge is 0.251 e. The first-order valence-corrected chi connectivity index (χ1v) is 8.61. The number of hydrogen-bond acceptors (Lipinski definition) is 3. The van der Waals surface area contributed by atoms with Crippen molar-refractivity contribution in [3.63, 3.8) is 0 Å². The van der Waals surface area contributed by atoms with Gasteiger partial charge in [0.25, 0.3) is 5.91 Å². The van der Waals surface area contributed by atoms with Crippen LogP contribution in [-0.2, 0) is 0 Å². The van der Waals surface area contributed by atoms with E-state index in [4.69, 9.17) is 21.1 Å². The van der Waals surface area contributed by atoms with Gasteiger partial charge in [0.05, 0.1) is 18.2 Å². The number of carbonyl (C=O) groups excluding carboxylic acids is 1. The highest BCUT2D eigenvalue weighted by molar-refractivity contribution is 6.32. The van der Waals surface area contributed by atoms with Crippen LogP contribution in [-0.4, -0.2) is 18.6 Å². The zero-order valence-electron chi connectivity index (χ0n) is 14.9. The fourth-order valence-electron chi connectivity index (χ4n) is 3.14. The second kappa shape index (κ2) is 6.60. The van der Waals surface area contributed by atoms with E-state index >= 15 is 0 Å². The first kappa shape index (κ1) is 17.6. The Labute approximate surface area is 153 Å². The predicted octanol–water partition coefficient (Wildman–Crippen LogP) is 4.69. The average Bonchev–Trinajstić information content (AvgIpc) is 2.53. The Kier molecular flexibility index (Phi) is 4.65. The molecule has 0 spiro atoms. The Balaban J connectivity index is 1.87. The molecule has 132 valence electrons. The van der Waals surface area contributed by atoms with Crippen LogP contribution in [0, 0.1) is 6.92 Å². The molecule has 0 fully saturated rings. The number of nitrogens with one attached hydrogen (secondary N) is 1. The van der Waals surface area contributed by atoms with Crippen LogP contribution in [0.25, 0.3) is 0 Å². The lowest BCUT2D eigenvalue weighted by atomic mass is 9.89. The Bertz CT molecular complexity index is 817. The summed E-state index contributed by atoms with van der Waals surface area (Å²) in [5.41, 5.74) is 2.28. The lowest BCUT2D eigenvalue weighted by Gasteiger charge is -2.38. The summed E-state index contributed by atoms with van der Waals surface area (Å²) in [6.45, 7) is 6.08. The zero-order chi connectivity index (χ0) is 18.2. The van der Waals surface area contributed by atoms with Crippen molar-refractivity contribution in [1.29, 1.82) is 0 Å². The SMILES string of the molecule is COc1ccc(C(=O)N[C@@H]2CC(C)(C)Oc3cc(C)ccc32)cc1Cl. The number of methoxy groups -OCH3 is 1. The van der Waals surface area contributed by atoms with E-state index in [0.29, 0.717) is 22.8 Å². The molecule has 1 aliphatic heterocycles. The highest BCUT2D eigenvalue weighted by Crippen LogP contribution is 2.40. The third-order valence-corrected chi connectivity index (χ3v) is 4.64. The summed E-state index contributed by atoms with van der Waals surface area (Å²) in [5, 5.41) is 3.53. The summed E-state index contributed by atoms with van der Waals surface area (Å²) >= 11 is 6.14. The van der Waals surface area contributed by atoms with Crippen LogP contribution in [0.3, 0.4) is 0 Å². The largest absolute Gasteiger partial charge is 0.495 e. The standard InChI is InChI=1S/C20H22ClNO3/c1-12-5-7-14-16(11-20(2,3)25-18(14)9-12)22-19(23)13-6-8-17(24-4)15(21)10-13/h5-10,16H,11H2,1-4H3,(H,22,23)/t16-/m1/s1. The van der Waals surface area contributed by atoms with E-state index < -0.39 is 0 Å². The quantitative estimate of drug-likeness (QED) is 0.864. The van der Waals surface area contributed by atoms with E-state index in [1.165, 1.54) is 0 Å². The molecule has 25 heavy (non-hydrogen) atoms. The van der Waals surface area contributed by atoms with Gasteiger partial charge in [-0.1, -0.05) is 23.7 Å². The first-order chi connectivity index (χ1) is 11.8. The van der Waals surface area contributed by atoms with Gasteiger partial charge in [0, 0.05) is 17.5 Å². The molecular weight excluding hydrogens is 338 g/mol. The molecule has 0 aliphatic carbocycles. The van der Waals surface area contributed by atoms with Gasteiger partial charge < -0.3 is 14.8 Å². The number of aryl methyl sites for hydroxylation is 1. The normalized spacial score (nSPS) is 18.0. The molecule has 0 unspecified atom stereocenters. The minimum absolute atomic E-state index is 0.118. The Hall–Kier alpha value is -2.20. The van der Waals surface area contributed by atoms with Crippen molar-refractivity contribution in [2.45, 2.75) is 38.8 Å². The molecule has 0 saturated heterocycles. The Morgan fingerprint density at radius 2 is 2.04 bits per heavy atom. The monoisotopic (exact) mass is 359 g/mol. The number of amides is 1. The molecule has 2 aromatic rings. The molecule has 0 bridgehead atoms. The molecule has 1 amide bonds. The van der Waals surface area contributed by atoms with E-state index in [1.807, 2.05) is 39.0 Å². The molecule has 1 atom stereocenters. The Morgan fingerprint density at radius 3 is 2.72 bits per heavy atom. The number of benzene rings is 2. The summed E-state index contributed by atoms with van der Waals surface area (Å²) < 4.78 is 11.2. The number of ether oxygens (including phenoxy) is 2. The van der Waals surface area contributed by atoms with Crippen molar-refractivity contribution >= 4 is 17.5 Å². The highest BCUT2D eigenvalue weighted by atomic mass is 35.5. The minimum Gasteiger partial charge on any atom is -0.495 e. The van der Waals surface area contributed by atoms with E-state index in [9.17, 15) is 4.79 Å². The van der Waals surface area contributed by atoms with Crippen LogP contribution in [0.5, 0.6) is 11.5 Å². The van der Waals surface area contributed by atoms with Gasteiger partial charge in [0.2, 0.25) is 0 Å². The van der Waals surface area contributed by atoms with Gasteiger partial charge in [0.1, 0.15) is 17.1 Å². The van der Waals surface area contributed by atoms with Gasteiger partial charge in [0.15, 0.2) is 0 Å². The van der Waals surface area contributed by atoms with Crippen molar-refractivity contribution in [1.82, 2.24) is 5.32 Å². The Morgan fingerprint density at radius 1 is 1.28 bits per heavy atom. The van der Waals surface area contributed by atoms with Crippen molar-refractivity contribution in [2.75, 3.05) is 7.11 Å². The fourth-order valence-corrected chi connectivity index (χ4v) is 3.39. The second-order valence-corrected chi connectivity index (χ2v) is 7.39. The van der Waals surface area contributed by atoms with Crippen LogP contribution < -0.4 is 14.8 Å². The van der Waals surface area contributed by atoms with Crippen LogP contribution >= 0.6 is 11.6 Å². The molecule has 2 aromatic carbocycles. The third kappa shape index (κ3) is 3.74. The van der Waals surface area contributed by atoms with Gasteiger partial charge in [-0.2, -0.15) is 0 Å². The van der Waals surface area contributed by atoms with Crippen LogP contribution in [0.4, 0.5) is 0 Å². The maximum Gasteiger partial charge on any atom is 0.251 e. The van der Waals surface area contributed by atoms with Crippen LogP contribution in [0.15, 0.2) is 36.4 Å². The van der Waals surface area contributed by atoms with Crippen molar-refractivity contribution < 1.29 is 14.3 Å². The molecule has 0 radical (unpaired) electrons. The number of halogens is 1. The summed E-state index contributed by atoms with van der Waals surface area (Å²) in [7, 11) is 1.55. The predicted molar refractivity (Wildman–Crippen MR) is 98.7 cm³/mol. The molecule has 3 rings (SSSR count). The molecule has 1 heterocycles. The van der Waals surface area contributed by atoms with E-state index in [1.54, 1.807) is 25.3 Å². The molecule has 5 heteroatoms. The molecule has 1 aliphatic rings. The van der Waals surface area contributed by atoms with E-state index in [-0.39, 0.29) is 17.6 Å². The highest BCUT2D eigenvalue weighted by Gasteiger charge is 2.34. The van der Waals surface area contributed by atoms with Crippen molar-refractivity contribution in [2.24, 2.45) is 0 Å². The van der Waals surface area contributed by atoms with Crippen molar-refractivity contribution in [3.8, 4) is 11.5 Å². The van der Waals surface area contributed by atoms with Crippen molar-refractivity contribution in [3.05, 3.63) is 58.1 Å². The molecule has 0 aromatic heterocycles. The minimum atomic E-state index is -0.351. The van der Waals surface area contributed by atoms with Gasteiger partial charge in [-0.05, 0) is 50.6 Å². The van der Waals surface area contributed by atoms with Gasteiger partial charge in [-0.25, -0.2) is 0 Å². The summed E-state index contributed by atoms with van der Waals surface area (Å²) in [5.74, 6) is 1.21. The maximum absolute atomic E-state index is 12.7. The third-order valence-electron chi connectivity index (χ3n) is 4.35. The summed E-state index contributed by atoms with van der Waals surface area (Å²) in [6.07, 6.45) is 0.693. The maximum atomic E-state index is 12.7. The molecular formula is C20H22ClNO3. The first-order valence-electron chi connectivity index (χ1n) is 8.23. The molecule has 0 saturated carbocycles. The van der Waals surface area contributed by atoms with E-state index in [0.717, 1.165) is 16.9 Å². The van der Waals surface area contributed by atoms with Crippen LogP contribution in [0.1, 0.15) is 47.8 Å². The van der Waals surface area contributed by atoms with Gasteiger partial charge >= 0.3 is 0 Å². The fraction of sp³-hybridized carbons (Fsp3) is 0.350. The summed E-state index contributed by atoms with van der Waals surface area (Å²) in [6, 6.07) is 11.0. The second-order valence-electron chi connectivity index (χ2n) is 6.98. The number of rotatable bonds is 3.